The maximum atomic E-state index is 14.4. The van der Waals surface area contributed by atoms with Gasteiger partial charge in [0.05, 0.1) is 6.04 Å². The quantitative estimate of drug-likeness (QED) is 0.187. The largest absolute Gasteiger partial charge is 0.369 e. The van der Waals surface area contributed by atoms with Crippen molar-refractivity contribution in [1.82, 2.24) is 14.4 Å². The summed E-state index contributed by atoms with van der Waals surface area (Å²) in [6.07, 6.45) is 0.824. The van der Waals surface area contributed by atoms with Gasteiger partial charge in [0.1, 0.15) is 0 Å². The first-order valence-corrected chi connectivity index (χ1v) is 16.6. The fraction of sp³-hybridized carbons (Fsp3) is 0.244. The Morgan fingerprint density at radius 2 is 1.35 bits per heavy atom. The Labute approximate surface area is 271 Å². The van der Waals surface area contributed by atoms with Crippen LogP contribution >= 0.6 is 0 Å². The summed E-state index contributed by atoms with van der Waals surface area (Å²) in [5, 5.41) is 2.51. The van der Waals surface area contributed by atoms with Gasteiger partial charge in [-0.15, -0.1) is 0 Å². The molecule has 2 aliphatic heterocycles. The highest BCUT2D eigenvalue weighted by Crippen LogP contribution is 2.44. The molecule has 0 radical (unpaired) electrons. The van der Waals surface area contributed by atoms with Crippen LogP contribution in [0.5, 0.6) is 0 Å². The predicted molar refractivity (Wildman–Crippen MR) is 189 cm³/mol. The topological polar surface area (TPSA) is 31.7 Å². The van der Waals surface area contributed by atoms with Crippen molar-refractivity contribution in [2.45, 2.75) is 18.4 Å². The van der Waals surface area contributed by atoms with Crippen molar-refractivity contribution in [2.75, 3.05) is 44.2 Å². The van der Waals surface area contributed by atoms with E-state index < -0.39 is 0 Å². The molecule has 1 amide bonds. The van der Waals surface area contributed by atoms with Crippen LogP contribution in [-0.4, -0.2) is 59.5 Å². The monoisotopic (exact) mass is 604 g/mol. The minimum absolute atomic E-state index is 0.0679. The number of nitrogens with zero attached hydrogens (tertiary/aromatic N) is 4. The molecule has 0 bridgehead atoms. The average Bonchev–Trinajstić information content (AvgIpc) is 3.40. The van der Waals surface area contributed by atoms with Crippen molar-refractivity contribution < 1.29 is 4.79 Å². The van der Waals surface area contributed by atoms with Gasteiger partial charge in [0, 0.05) is 85.3 Å². The van der Waals surface area contributed by atoms with Crippen LogP contribution in [-0.2, 0) is 13.5 Å². The number of anilines is 1. The lowest BCUT2D eigenvalue weighted by molar-refractivity contribution is 0.0579. The van der Waals surface area contributed by atoms with Crippen molar-refractivity contribution >= 4 is 33.4 Å². The first-order chi connectivity index (χ1) is 22.7. The van der Waals surface area contributed by atoms with Crippen molar-refractivity contribution in [3.8, 4) is 0 Å². The van der Waals surface area contributed by atoms with E-state index in [0.29, 0.717) is 6.54 Å². The smallest absolute Gasteiger partial charge is 0.254 e. The number of carbonyl (C=O) groups is 1. The van der Waals surface area contributed by atoms with Gasteiger partial charge in [-0.25, -0.2) is 0 Å². The number of aryl methyl sites for hydroxylation is 1. The molecule has 5 heteroatoms. The number of hydrogen-bond donors (Lipinski definition) is 0. The molecule has 5 nitrogen and oxygen atoms in total. The molecule has 1 fully saturated rings. The number of rotatable bonds is 7. The van der Waals surface area contributed by atoms with Crippen LogP contribution in [0.15, 0.2) is 127 Å². The highest BCUT2D eigenvalue weighted by molar-refractivity contribution is 6.08. The fourth-order valence-corrected chi connectivity index (χ4v) is 7.90. The molecule has 2 aliphatic rings. The Bertz CT molecular complexity index is 1990. The summed E-state index contributed by atoms with van der Waals surface area (Å²) >= 11 is 0. The van der Waals surface area contributed by atoms with E-state index in [1.54, 1.807) is 0 Å². The summed E-state index contributed by atoms with van der Waals surface area (Å²) in [4.78, 5) is 21.7. The van der Waals surface area contributed by atoms with Gasteiger partial charge in [-0.1, -0.05) is 91.0 Å². The van der Waals surface area contributed by atoms with E-state index in [1.807, 2.05) is 12.1 Å². The maximum absolute atomic E-state index is 14.4. The van der Waals surface area contributed by atoms with Gasteiger partial charge in [-0.3, -0.25) is 9.69 Å². The number of piperazine rings is 1. The van der Waals surface area contributed by atoms with Crippen molar-refractivity contribution in [2.24, 2.45) is 7.05 Å². The van der Waals surface area contributed by atoms with E-state index in [4.69, 9.17) is 0 Å². The molecule has 0 N–H and O–H groups in total. The molecular formula is C41H40N4O. The van der Waals surface area contributed by atoms with Crippen LogP contribution in [0.25, 0.3) is 21.8 Å². The third kappa shape index (κ3) is 5.15. The van der Waals surface area contributed by atoms with Crippen molar-refractivity contribution in [1.29, 1.82) is 0 Å². The zero-order valence-electron chi connectivity index (χ0n) is 26.4. The summed E-state index contributed by atoms with van der Waals surface area (Å²) in [6.45, 7) is 5.59. The molecule has 5 aromatic carbocycles. The fourth-order valence-electron chi connectivity index (χ4n) is 7.90. The summed E-state index contributed by atoms with van der Waals surface area (Å²) < 4.78 is 2.28. The molecule has 0 spiro atoms. The lowest BCUT2D eigenvalue weighted by atomic mass is 9.79. The standard InChI is InChI=1S/C41H40N4O/c1-42-38-19-11-10-17-34(38)36-28-31(20-21-39(36)42)40-37(29-43-24-26-44(27-25-43)32-14-6-3-7-15-32)33-16-8-9-18-35(33)41(46)45(40)23-22-30-12-4-2-5-13-30/h2-21,28,37,40H,22-27,29H2,1H3/t37-,40+/m1/s1. The van der Waals surface area contributed by atoms with Gasteiger partial charge in [0.2, 0.25) is 0 Å². The van der Waals surface area contributed by atoms with E-state index >= 15 is 0 Å². The Kier molecular flexibility index (Phi) is 7.55. The first-order valence-electron chi connectivity index (χ1n) is 16.6. The molecule has 0 saturated carbocycles. The molecule has 230 valence electrons. The van der Waals surface area contributed by atoms with Crippen molar-refractivity contribution in [3.63, 3.8) is 0 Å². The third-order valence-electron chi connectivity index (χ3n) is 10.3. The summed E-state index contributed by atoms with van der Waals surface area (Å²) in [6, 6.07) is 45.2. The minimum Gasteiger partial charge on any atom is -0.369 e. The van der Waals surface area contributed by atoms with Crippen LogP contribution in [0.1, 0.15) is 39.0 Å². The summed E-state index contributed by atoms with van der Waals surface area (Å²) in [5.74, 6) is 0.292. The van der Waals surface area contributed by atoms with Gasteiger partial charge < -0.3 is 14.4 Å². The Hall–Kier alpha value is -4.87. The lowest BCUT2D eigenvalue weighted by Crippen LogP contribution is -2.51. The summed E-state index contributed by atoms with van der Waals surface area (Å²) in [7, 11) is 2.15. The van der Waals surface area contributed by atoms with E-state index in [9.17, 15) is 4.79 Å². The van der Waals surface area contributed by atoms with Gasteiger partial charge in [0.25, 0.3) is 5.91 Å². The molecule has 2 atom stereocenters. The predicted octanol–water partition coefficient (Wildman–Crippen LogP) is 7.68. The zero-order valence-corrected chi connectivity index (χ0v) is 26.4. The molecule has 3 heterocycles. The Balaban J connectivity index is 1.19. The number of fused-ring (bicyclic) bond motifs is 4. The molecule has 0 aliphatic carbocycles. The van der Waals surface area contributed by atoms with E-state index in [-0.39, 0.29) is 17.9 Å². The normalized spacial score (nSPS) is 18.8. The zero-order chi connectivity index (χ0) is 31.0. The van der Waals surface area contributed by atoms with Crippen LogP contribution < -0.4 is 4.90 Å². The molecule has 46 heavy (non-hydrogen) atoms. The molecular weight excluding hydrogens is 564 g/mol. The number of para-hydroxylation sites is 2. The lowest BCUT2D eigenvalue weighted by Gasteiger charge is -2.45. The van der Waals surface area contributed by atoms with Crippen LogP contribution in [0.2, 0.25) is 0 Å². The Morgan fingerprint density at radius 3 is 2.15 bits per heavy atom. The third-order valence-corrected chi connectivity index (χ3v) is 10.3. The van der Waals surface area contributed by atoms with Crippen LogP contribution in [0.4, 0.5) is 5.69 Å². The second-order valence-corrected chi connectivity index (χ2v) is 12.8. The second kappa shape index (κ2) is 12.1. The number of aromatic nitrogens is 1. The highest BCUT2D eigenvalue weighted by Gasteiger charge is 2.41. The van der Waals surface area contributed by atoms with Gasteiger partial charge >= 0.3 is 0 Å². The van der Waals surface area contributed by atoms with Gasteiger partial charge in [-0.2, -0.15) is 0 Å². The molecule has 0 unspecified atom stereocenters. The van der Waals surface area contributed by atoms with E-state index in [0.717, 1.165) is 44.7 Å². The molecule has 1 saturated heterocycles. The number of hydrogen-bond acceptors (Lipinski definition) is 3. The average molecular weight is 605 g/mol. The molecule has 8 rings (SSSR count). The Morgan fingerprint density at radius 1 is 0.674 bits per heavy atom. The number of benzene rings is 5. The first kappa shape index (κ1) is 28.6. The van der Waals surface area contributed by atoms with E-state index in [2.05, 4.69) is 142 Å². The van der Waals surface area contributed by atoms with Crippen LogP contribution in [0.3, 0.4) is 0 Å². The molecule has 1 aromatic heterocycles. The summed E-state index contributed by atoms with van der Waals surface area (Å²) in [5.41, 5.74) is 8.25. The second-order valence-electron chi connectivity index (χ2n) is 12.8. The number of carbonyl (C=O) groups excluding carboxylic acids is 1. The highest BCUT2D eigenvalue weighted by atomic mass is 16.2. The number of amides is 1. The van der Waals surface area contributed by atoms with Gasteiger partial charge in [0.15, 0.2) is 0 Å². The van der Waals surface area contributed by atoms with E-state index in [1.165, 1.54) is 44.2 Å². The van der Waals surface area contributed by atoms with Crippen LogP contribution in [0, 0.1) is 0 Å². The molecule has 6 aromatic rings. The maximum Gasteiger partial charge on any atom is 0.254 e. The van der Waals surface area contributed by atoms with Crippen molar-refractivity contribution in [3.05, 3.63) is 150 Å². The van der Waals surface area contributed by atoms with Gasteiger partial charge in [-0.05, 0) is 59.5 Å². The SMILES string of the molecule is Cn1c2ccccc2c2cc([C@H]3[C@H](CN4CCN(c5ccccc5)CC4)c4ccccc4C(=O)N3CCc3ccccc3)ccc21. The minimum atomic E-state index is -0.0679.